The SMILES string of the molecule is CN1CC[N+](=c2ccc3nc4ccc(N)cc4sc-3c2)CC1. The van der Waals surface area contributed by atoms with Crippen LogP contribution in [-0.2, 0) is 0 Å². The number of aromatic nitrogens is 1. The Morgan fingerprint density at radius 3 is 2.77 bits per heavy atom. The number of hydrogen-bond acceptors (Lipinski definition) is 4. The lowest BCUT2D eigenvalue weighted by Crippen LogP contribution is -2.46. The summed E-state index contributed by atoms with van der Waals surface area (Å²) in [5.41, 5.74) is 8.75. The highest BCUT2D eigenvalue weighted by Crippen LogP contribution is 2.30. The molecular formula is C17H19N4S+. The fraction of sp³-hybridized carbons (Fsp3) is 0.294. The van der Waals surface area contributed by atoms with Crippen LogP contribution in [0.15, 0.2) is 36.4 Å². The zero-order valence-electron chi connectivity index (χ0n) is 12.6. The summed E-state index contributed by atoms with van der Waals surface area (Å²) in [7, 11) is 2.18. The predicted molar refractivity (Wildman–Crippen MR) is 93.2 cm³/mol. The van der Waals surface area contributed by atoms with E-state index in [1.54, 1.807) is 11.3 Å². The van der Waals surface area contributed by atoms with E-state index in [0.717, 1.165) is 47.8 Å². The maximum Gasteiger partial charge on any atom is 0.201 e. The molecule has 3 aliphatic rings. The first-order valence-corrected chi connectivity index (χ1v) is 8.37. The van der Waals surface area contributed by atoms with Crippen molar-refractivity contribution >= 4 is 27.2 Å². The number of hydrogen-bond donors (Lipinski definition) is 1. The number of likely N-dealkylation sites (N-methyl/N-ethyl adjacent to an activating group) is 1. The lowest BCUT2D eigenvalue weighted by atomic mass is 10.2. The van der Waals surface area contributed by atoms with Gasteiger partial charge in [-0.25, -0.2) is 9.56 Å². The van der Waals surface area contributed by atoms with Crippen molar-refractivity contribution in [2.75, 3.05) is 39.0 Å². The maximum atomic E-state index is 5.89. The lowest BCUT2D eigenvalue weighted by molar-refractivity contribution is 0.267. The Balaban J connectivity index is 1.88. The molecule has 0 saturated carbocycles. The van der Waals surface area contributed by atoms with E-state index in [9.17, 15) is 0 Å². The summed E-state index contributed by atoms with van der Waals surface area (Å²) in [6, 6.07) is 12.5. The van der Waals surface area contributed by atoms with Crippen molar-refractivity contribution in [1.29, 1.82) is 0 Å². The van der Waals surface area contributed by atoms with Crippen molar-refractivity contribution in [1.82, 2.24) is 14.5 Å². The first-order valence-electron chi connectivity index (χ1n) is 7.56. The summed E-state index contributed by atoms with van der Waals surface area (Å²) < 4.78 is 3.60. The van der Waals surface area contributed by atoms with Crippen molar-refractivity contribution in [3.8, 4) is 10.6 Å². The molecule has 0 radical (unpaired) electrons. The molecule has 0 unspecified atom stereocenters. The molecule has 5 heteroatoms. The highest BCUT2D eigenvalue weighted by Gasteiger charge is 2.17. The molecule has 1 fully saturated rings. The summed E-state index contributed by atoms with van der Waals surface area (Å²) in [6.45, 7) is 4.41. The molecule has 4 nitrogen and oxygen atoms in total. The molecule has 4 rings (SSSR count). The second-order valence-corrected chi connectivity index (χ2v) is 6.97. The quantitative estimate of drug-likeness (QED) is 0.390. The van der Waals surface area contributed by atoms with Gasteiger partial charge in [-0.05, 0) is 31.3 Å². The topological polar surface area (TPSA) is 45.2 Å². The molecule has 1 saturated heterocycles. The van der Waals surface area contributed by atoms with E-state index in [4.69, 9.17) is 10.7 Å². The highest BCUT2D eigenvalue weighted by molar-refractivity contribution is 7.21. The number of benzene rings is 2. The minimum atomic E-state index is 0.792. The van der Waals surface area contributed by atoms with Crippen molar-refractivity contribution in [2.24, 2.45) is 0 Å². The van der Waals surface area contributed by atoms with Crippen LogP contribution in [0.25, 0.3) is 20.8 Å². The van der Waals surface area contributed by atoms with Crippen LogP contribution >= 0.6 is 11.3 Å². The third-order valence-electron chi connectivity index (χ3n) is 4.26. The average molecular weight is 311 g/mol. The molecule has 0 aromatic heterocycles. The molecule has 22 heavy (non-hydrogen) atoms. The molecule has 2 N–H and O–H groups in total. The molecule has 0 spiro atoms. The Labute approximate surface area is 133 Å². The monoisotopic (exact) mass is 311 g/mol. The second-order valence-electron chi connectivity index (χ2n) is 5.88. The van der Waals surface area contributed by atoms with Crippen LogP contribution in [0.2, 0.25) is 0 Å². The standard InChI is InChI=1S/C17H18N4S/c1-20-6-8-21(9-7-20)13-3-5-15-17(11-13)22-16-10-12(18)2-4-14(16)19-15/h2-5,10-11,18H,6-9H2,1H3/p+1. The van der Waals surface area contributed by atoms with Crippen LogP contribution in [-0.4, -0.2) is 43.1 Å². The second kappa shape index (κ2) is 5.34. The van der Waals surface area contributed by atoms with Crippen molar-refractivity contribution < 1.29 is 0 Å². The number of piperazine rings is 1. The zero-order valence-corrected chi connectivity index (χ0v) is 13.4. The number of nitrogens with two attached hydrogens (primary N) is 1. The minimum Gasteiger partial charge on any atom is -0.399 e. The summed E-state index contributed by atoms with van der Waals surface area (Å²) in [5, 5.41) is 1.29. The van der Waals surface area contributed by atoms with E-state index >= 15 is 0 Å². The van der Waals surface area contributed by atoms with Crippen molar-refractivity contribution in [2.45, 2.75) is 0 Å². The van der Waals surface area contributed by atoms with Crippen molar-refractivity contribution in [3.05, 3.63) is 41.8 Å². The zero-order chi connectivity index (χ0) is 15.1. The van der Waals surface area contributed by atoms with E-state index < -0.39 is 0 Å². The van der Waals surface area contributed by atoms with E-state index in [0.29, 0.717) is 0 Å². The highest BCUT2D eigenvalue weighted by atomic mass is 32.1. The van der Waals surface area contributed by atoms with Gasteiger partial charge in [-0.15, -0.1) is 11.3 Å². The van der Waals surface area contributed by atoms with Gasteiger partial charge >= 0.3 is 0 Å². The smallest absolute Gasteiger partial charge is 0.201 e. The van der Waals surface area contributed by atoms with Gasteiger partial charge < -0.3 is 5.73 Å². The molecule has 2 heterocycles. The van der Waals surface area contributed by atoms with Gasteiger partial charge in [-0.1, -0.05) is 0 Å². The van der Waals surface area contributed by atoms with Crippen molar-refractivity contribution in [3.63, 3.8) is 0 Å². The van der Waals surface area contributed by atoms with Crippen LogP contribution in [0, 0.1) is 0 Å². The third-order valence-corrected chi connectivity index (χ3v) is 5.35. The van der Waals surface area contributed by atoms with Crippen LogP contribution < -0.4 is 15.7 Å². The van der Waals surface area contributed by atoms with E-state index in [-0.39, 0.29) is 0 Å². The Bertz CT molecular complexity index is 873. The van der Waals surface area contributed by atoms with Gasteiger partial charge in [0.15, 0.2) is 13.1 Å². The fourth-order valence-electron chi connectivity index (χ4n) is 2.89. The normalized spacial score (nSPS) is 16.5. The Hall–Kier alpha value is -1.98. The summed E-state index contributed by atoms with van der Waals surface area (Å²) in [4.78, 5) is 8.34. The molecule has 1 aromatic rings. The third kappa shape index (κ3) is 2.46. The van der Waals surface area contributed by atoms with Crippen LogP contribution in [0.1, 0.15) is 0 Å². The molecule has 1 aliphatic carbocycles. The van der Waals surface area contributed by atoms with Crippen LogP contribution in [0.5, 0.6) is 0 Å². The number of rotatable bonds is 0. The van der Waals surface area contributed by atoms with Gasteiger partial charge in [0.25, 0.3) is 0 Å². The Kier molecular flexibility index (Phi) is 3.32. The summed E-state index contributed by atoms with van der Waals surface area (Å²) in [5.74, 6) is 0. The largest absolute Gasteiger partial charge is 0.399 e. The first-order chi connectivity index (χ1) is 10.7. The first kappa shape index (κ1) is 13.7. The lowest BCUT2D eigenvalue weighted by Gasteiger charge is -2.20. The van der Waals surface area contributed by atoms with E-state index in [1.807, 2.05) is 18.2 Å². The average Bonchev–Trinajstić information content (AvgIpc) is 2.53. The van der Waals surface area contributed by atoms with E-state index in [1.165, 1.54) is 10.2 Å². The predicted octanol–water partition coefficient (Wildman–Crippen LogP) is 1.70. The molecule has 0 atom stereocenters. The molecule has 0 bridgehead atoms. The summed E-state index contributed by atoms with van der Waals surface area (Å²) in [6.07, 6.45) is 0. The molecule has 1 aromatic carbocycles. The Morgan fingerprint density at radius 2 is 1.95 bits per heavy atom. The number of nitrogens with zero attached hydrogens (tertiary/aromatic N) is 3. The van der Waals surface area contributed by atoms with Gasteiger partial charge in [0.05, 0.1) is 33.9 Å². The fourth-order valence-corrected chi connectivity index (χ4v) is 3.94. The summed E-state index contributed by atoms with van der Waals surface area (Å²) >= 11 is 1.76. The number of nitrogen functional groups attached to an aromatic ring is 1. The minimum absolute atomic E-state index is 0.792. The molecule has 112 valence electrons. The van der Waals surface area contributed by atoms with Gasteiger partial charge in [-0.2, -0.15) is 0 Å². The molecule has 2 aliphatic heterocycles. The van der Waals surface area contributed by atoms with Gasteiger partial charge in [0.1, 0.15) is 0 Å². The molecular weight excluding hydrogens is 292 g/mol. The van der Waals surface area contributed by atoms with Crippen LogP contribution in [0.4, 0.5) is 5.69 Å². The number of fused-ring (bicyclic) bond motifs is 2. The van der Waals surface area contributed by atoms with Crippen LogP contribution in [0.3, 0.4) is 0 Å². The number of anilines is 1. The van der Waals surface area contributed by atoms with E-state index in [2.05, 4.69) is 34.7 Å². The molecule has 0 amide bonds. The van der Waals surface area contributed by atoms with Gasteiger partial charge in [0.2, 0.25) is 5.36 Å². The van der Waals surface area contributed by atoms with Gasteiger partial charge in [-0.3, -0.25) is 4.90 Å². The Morgan fingerprint density at radius 1 is 1.14 bits per heavy atom. The van der Waals surface area contributed by atoms with Gasteiger partial charge in [0, 0.05) is 17.8 Å². The maximum absolute atomic E-state index is 5.89.